The van der Waals surface area contributed by atoms with Crippen LogP contribution in [0.3, 0.4) is 0 Å². The van der Waals surface area contributed by atoms with Crippen LogP contribution in [0.5, 0.6) is 5.75 Å². The summed E-state index contributed by atoms with van der Waals surface area (Å²) in [7, 11) is -4.07. The lowest BCUT2D eigenvalue weighted by molar-refractivity contribution is -0.118. The lowest BCUT2D eigenvalue weighted by Crippen LogP contribution is -2.32. The molecular weight excluding hydrogens is 454 g/mol. The number of anilines is 2. The number of benzene rings is 3. The van der Waals surface area contributed by atoms with Crippen molar-refractivity contribution in [3.8, 4) is 5.75 Å². The van der Waals surface area contributed by atoms with Crippen molar-refractivity contribution >= 4 is 33.2 Å². The standard InChI is InChI=1S/C25H25N3O5S/c1-17(2)26-25(30)19-9-6-10-20(13-19)28(15-18-7-4-3-5-8-18)34(31,32)21-11-12-23-22(14-21)27-24(29)16-33-23/h3-14,17H,15-16H2,1-2H3,(H,26,30)(H,27,29). The van der Waals surface area contributed by atoms with E-state index in [1.54, 1.807) is 24.3 Å². The van der Waals surface area contributed by atoms with Crippen molar-refractivity contribution in [2.75, 3.05) is 16.2 Å². The first-order chi connectivity index (χ1) is 16.2. The number of fused-ring (bicyclic) bond motifs is 1. The Morgan fingerprint density at radius 3 is 2.56 bits per heavy atom. The van der Waals surface area contributed by atoms with Gasteiger partial charge < -0.3 is 15.4 Å². The number of hydrogen-bond acceptors (Lipinski definition) is 5. The van der Waals surface area contributed by atoms with E-state index in [1.165, 1.54) is 22.5 Å². The lowest BCUT2D eigenvalue weighted by Gasteiger charge is -2.26. The van der Waals surface area contributed by atoms with Crippen LogP contribution in [0.15, 0.2) is 77.7 Å². The normalized spacial score (nSPS) is 13.0. The number of amides is 2. The van der Waals surface area contributed by atoms with Crippen LogP contribution in [0, 0.1) is 0 Å². The Bertz CT molecular complexity index is 1320. The average molecular weight is 480 g/mol. The van der Waals surface area contributed by atoms with Crippen molar-refractivity contribution < 1.29 is 22.7 Å². The summed E-state index contributed by atoms with van der Waals surface area (Å²) in [6, 6.07) is 20.0. The Morgan fingerprint density at radius 1 is 1.06 bits per heavy atom. The van der Waals surface area contributed by atoms with Crippen LogP contribution < -0.4 is 19.7 Å². The van der Waals surface area contributed by atoms with E-state index in [0.29, 0.717) is 22.7 Å². The van der Waals surface area contributed by atoms with E-state index in [0.717, 1.165) is 5.56 Å². The summed E-state index contributed by atoms with van der Waals surface area (Å²) < 4.78 is 34.3. The molecule has 0 bridgehead atoms. The molecule has 2 amide bonds. The molecule has 1 heterocycles. The number of hydrogen-bond donors (Lipinski definition) is 2. The maximum atomic E-state index is 13.8. The predicted molar refractivity (Wildman–Crippen MR) is 129 cm³/mol. The number of nitrogens with zero attached hydrogens (tertiary/aromatic N) is 1. The van der Waals surface area contributed by atoms with Crippen molar-refractivity contribution in [2.24, 2.45) is 0 Å². The Kier molecular flexibility index (Phi) is 6.56. The van der Waals surface area contributed by atoms with Gasteiger partial charge in [0, 0.05) is 11.6 Å². The molecule has 3 aromatic carbocycles. The van der Waals surface area contributed by atoms with Crippen molar-refractivity contribution in [3.05, 3.63) is 83.9 Å². The molecule has 3 aromatic rings. The molecule has 4 rings (SSSR count). The average Bonchev–Trinajstić information content (AvgIpc) is 2.82. The number of ether oxygens (including phenoxy) is 1. The van der Waals surface area contributed by atoms with Crippen LogP contribution in [0.4, 0.5) is 11.4 Å². The SMILES string of the molecule is CC(C)NC(=O)c1cccc(N(Cc2ccccc2)S(=O)(=O)c2ccc3c(c2)NC(=O)CO3)c1. The summed E-state index contributed by atoms with van der Waals surface area (Å²) in [5.41, 5.74) is 1.77. The molecule has 1 aliphatic rings. The molecule has 0 saturated heterocycles. The lowest BCUT2D eigenvalue weighted by atomic mass is 10.1. The minimum Gasteiger partial charge on any atom is -0.482 e. The highest BCUT2D eigenvalue weighted by Gasteiger charge is 2.28. The molecule has 0 aliphatic carbocycles. The zero-order valence-corrected chi connectivity index (χ0v) is 19.6. The number of sulfonamides is 1. The molecular formula is C25H25N3O5S. The summed E-state index contributed by atoms with van der Waals surface area (Å²) in [4.78, 5) is 24.3. The van der Waals surface area contributed by atoms with Gasteiger partial charge in [0.15, 0.2) is 6.61 Å². The van der Waals surface area contributed by atoms with Gasteiger partial charge in [-0.3, -0.25) is 13.9 Å². The highest BCUT2D eigenvalue weighted by molar-refractivity contribution is 7.92. The minimum absolute atomic E-state index is 0.00924. The molecule has 0 unspecified atom stereocenters. The van der Waals surface area contributed by atoms with Gasteiger partial charge >= 0.3 is 0 Å². The molecule has 0 fully saturated rings. The Balaban J connectivity index is 1.77. The quantitative estimate of drug-likeness (QED) is 0.539. The fraction of sp³-hybridized carbons (Fsp3) is 0.200. The largest absolute Gasteiger partial charge is 0.482 e. The fourth-order valence-electron chi connectivity index (χ4n) is 3.56. The molecule has 8 nitrogen and oxygen atoms in total. The third-order valence-electron chi connectivity index (χ3n) is 5.16. The van der Waals surface area contributed by atoms with E-state index in [9.17, 15) is 18.0 Å². The smallest absolute Gasteiger partial charge is 0.264 e. The number of carbonyl (C=O) groups is 2. The summed E-state index contributed by atoms with van der Waals surface area (Å²) >= 11 is 0. The van der Waals surface area contributed by atoms with Gasteiger partial charge in [0.25, 0.3) is 21.8 Å². The third-order valence-corrected chi connectivity index (χ3v) is 6.93. The maximum Gasteiger partial charge on any atom is 0.264 e. The number of rotatable bonds is 7. The van der Waals surface area contributed by atoms with E-state index in [4.69, 9.17) is 4.74 Å². The molecule has 176 valence electrons. The fourth-order valence-corrected chi connectivity index (χ4v) is 5.03. The molecule has 1 aliphatic heterocycles. The van der Waals surface area contributed by atoms with Crippen molar-refractivity contribution in [2.45, 2.75) is 31.3 Å². The first-order valence-corrected chi connectivity index (χ1v) is 12.2. The predicted octanol–water partition coefficient (Wildman–Crippen LogP) is 3.55. The molecule has 34 heavy (non-hydrogen) atoms. The molecule has 0 radical (unpaired) electrons. The van der Waals surface area contributed by atoms with E-state index in [-0.39, 0.29) is 35.9 Å². The molecule has 2 N–H and O–H groups in total. The summed E-state index contributed by atoms with van der Waals surface area (Å²) in [6.45, 7) is 3.64. The van der Waals surface area contributed by atoms with E-state index < -0.39 is 10.0 Å². The highest BCUT2D eigenvalue weighted by Crippen LogP contribution is 2.33. The highest BCUT2D eigenvalue weighted by atomic mass is 32.2. The third kappa shape index (κ3) is 5.04. The van der Waals surface area contributed by atoms with Crippen LogP contribution in [-0.2, 0) is 21.4 Å². The molecule has 0 saturated carbocycles. The molecule has 9 heteroatoms. The second kappa shape index (κ2) is 9.56. The molecule has 0 atom stereocenters. The first kappa shape index (κ1) is 23.3. The Morgan fingerprint density at radius 2 is 1.82 bits per heavy atom. The van der Waals surface area contributed by atoms with Crippen LogP contribution >= 0.6 is 0 Å². The number of carbonyl (C=O) groups excluding carboxylic acids is 2. The van der Waals surface area contributed by atoms with Gasteiger partial charge in [-0.15, -0.1) is 0 Å². The van der Waals surface area contributed by atoms with Gasteiger partial charge in [0.1, 0.15) is 5.75 Å². The van der Waals surface area contributed by atoms with Crippen LogP contribution in [0.1, 0.15) is 29.8 Å². The summed E-state index contributed by atoms with van der Waals surface area (Å²) in [5, 5.41) is 5.47. The van der Waals surface area contributed by atoms with Gasteiger partial charge in [-0.1, -0.05) is 36.4 Å². The molecule has 0 spiro atoms. The Hall–Kier alpha value is -3.85. The second-order valence-electron chi connectivity index (χ2n) is 8.17. The maximum absolute atomic E-state index is 13.8. The van der Waals surface area contributed by atoms with Crippen molar-refractivity contribution in [3.63, 3.8) is 0 Å². The van der Waals surface area contributed by atoms with Crippen LogP contribution in [0.25, 0.3) is 0 Å². The monoisotopic (exact) mass is 479 g/mol. The van der Waals surface area contributed by atoms with E-state index in [2.05, 4.69) is 10.6 Å². The zero-order valence-electron chi connectivity index (χ0n) is 18.8. The topological polar surface area (TPSA) is 105 Å². The summed E-state index contributed by atoms with van der Waals surface area (Å²) in [5.74, 6) is -0.241. The van der Waals surface area contributed by atoms with Crippen LogP contribution in [-0.4, -0.2) is 32.9 Å². The van der Waals surface area contributed by atoms with Gasteiger partial charge in [0.2, 0.25) is 0 Å². The second-order valence-corrected chi connectivity index (χ2v) is 10.0. The van der Waals surface area contributed by atoms with Gasteiger partial charge in [-0.2, -0.15) is 0 Å². The minimum atomic E-state index is -4.07. The van der Waals surface area contributed by atoms with Crippen LogP contribution in [0.2, 0.25) is 0 Å². The van der Waals surface area contributed by atoms with Gasteiger partial charge in [-0.25, -0.2) is 8.42 Å². The van der Waals surface area contributed by atoms with Crippen molar-refractivity contribution in [1.29, 1.82) is 0 Å². The van der Waals surface area contributed by atoms with E-state index >= 15 is 0 Å². The molecule has 0 aromatic heterocycles. The van der Waals surface area contributed by atoms with Crippen molar-refractivity contribution in [1.82, 2.24) is 5.32 Å². The van der Waals surface area contributed by atoms with Gasteiger partial charge in [0.05, 0.1) is 22.8 Å². The zero-order chi connectivity index (χ0) is 24.3. The van der Waals surface area contributed by atoms with E-state index in [1.807, 2.05) is 44.2 Å². The summed E-state index contributed by atoms with van der Waals surface area (Å²) in [6.07, 6.45) is 0. The first-order valence-electron chi connectivity index (χ1n) is 10.8. The Labute approximate surface area is 198 Å². The number of nitrogens with one attached hydrogen (secondary N) is 2. The van der Waals surface area contributed by atoms with Gasteiger partial charge in [-0.05, 0) is 55.8 Å².